The molecule has 0 bridgehead atoms. The van der Waals surface area contributed by atoms with E-state index in [1.807, 2.05) is 12.1 Å². The fourth-order valence-electron chi connectivity index (χ4n) is 2.23. The molecule has 1 aliphatic rings. The molecule has 17 heavy (non-hydrogen) atoms. The van der Waals surface area contributed by atoms with Crippen LogP contribution in [0.25, 0.3) is 0 Å². The summed E-state index contributed by atoms with van der Waals surface area (Å²) in [6.45, 7) is 4.94. The SMILES string of the molecule is CC1CCN(Cc2cc(Br)ccc2O)CC1N. The van der Waals surface area contributed by atoms with E-state index in [4.69, 9.17) is 5.73 Å². The lowest BCUT2D eigenvalue weighted by atomic mass is 9.94. The molecule has 94 valence electrons. The Morgan fingerprint density at radius 3 is 3.00 bits per heavy atom. The van der Waals surface area contributed by atoms with Gasteiger partial charge in [-0.05, 0) is 37.1 Å². The van der Waals surface area contributed by atoms with Crippen molar-refractivity contribution in [3.63, 3.8) is 0 Å². The first kappa shape index (κ1) is 12.9. The monoisotopic (exact) mass is 298 g/mol. The predicted octanol–water partition coefficient (Wildman–Crippen LogP) is 2.32. The summed E-state index contributed by atoms with van der Waals surface area (Å²) in [6, 6.07) is 5.80. The fourth-order valence-corrected chi connectivity index (χ4v) is 2.64. The predicted molar refractivity (Wildman–Crippen MR) is 72.8 cm³/mol. The van der Waals surface area contributed by atoms with Crippen LogP contribution in [-0.4, -0.2) is 29.1 Å². The molecule has 4 heteroatoms. The van der Waals surface area contributed by atoms with Crippen molar-refractivity contribution >= 4 is 15.9 Å². The summed E-state index contributed by atoms with van der Waals surface area (Å²) in [5, 5.41) is 9.80. The number of halogens is 1. The Morgan fingerprint density at radius 1 is 1.53 bits per heavy atom. The van der Waals surface area contributed by atoms with E-state index in [0.29, 0.717) is 11.7 Å². The number of phenolic OH excluding ortho intramolecular Hbond substituents is 1. The smallest absolute Gasteiger partial charge is 0.120 e. The molecule has 1 aromatic carbocycles. The average Bonchev–Trinajstić information content (AvgIpc) is 2.29. The highest BCUT2D eigenvalue weighted by Crippen LogP contribution is 2.25. The van der Waals surface area contributed by atoms with Crippen molar-refractivity contribution in [2.24, 2.45) is 11.7 Å². The highest BCUT2D eigenvalue weighted by atomic mass is 79.9. The number of nitrogens with two attached hydrogens (primary N) is 1. The van der Waals surface area contributed by atoms with Gasteiger partial charge in [-0.2, -0.15) is 0 Å². The second-order valence-corrected chi connectivity index (χ2v) is 5.85. The molecule has 1 aromatic rings. The molecule has 3 nitrogen and oxygen atoms in total. The van der Waals surface area contributed by atoms with Gasteiger partial charge in [0.15, 0.2) is 0 Å². The lowest BCUT2D eigenvalue weighted by Gasteiger charge is -2.35. The molecule has 1 heterocycles. The lowest BCUT2D eigenvalue weighted by Crippen LogP contribution is -2.47. The molecule has 1 aliphatic heterocycles. The second kappa shape index (κ2) is 5.38. The zero-order chi connectivity index (χ0) is 12.4. The highest BCUT2D eigenvalue weighted by Gasteiger charge is 2.23. The summed E-state index contributed by atoms with van der Waals surface area (Å²) in [7, 11) is 0. The Kier molecular flexibility index (Phi) is 4.07. The maximum absolute atomic E-state index is 9.80. The number of hydrogen-bond acceptors (Lipinski definition) is 3. The van der Waals surface area contributed by atoms with E-state index in [2.05, 4.69) is 27.8 Å². The molecular weight excluding hydrogens is 280 g/mol. The van der Waals surface area contributed by atoms with Crippen molar-refractivity contribution < 1.29 is 5.11 Å². The van der Waals surface area contributed by atoms with Crippen LogP contribution in [0.3, 0.4) is 0 Å². The van der Waals surface area contributed by atoms with Crippen molar-refractivity contribution in [1.82, 2.24) is 4.90 Å². The van der Waals surface area contributed by atoms with Crippen molar-refractivity contribution in [1.29, 1.82) is 0 Å². The van der Waals surface area contributed by atoms with E-state index < -0.39 is 0 Å². The normalized spacial score (nSPS) is 26.1. The van der Waals surface area contributed by atoms with E-state index >= 15 is 0 Å². The molecule has 0 aliphatic carbocycles. The fraction of sp³-hybridized carbons (Fsp3) is 0.538. The third kappa shape index (κ3) is 3.21. The summed E-state index contributed by atoms with van der Waals surface area (Å²) in [5.41, 5.74) is 7.04. The average molecular weight is 299 g/mol. The number of hydrogen-bond donors (Lipinski definition) is 2. The van der Waals surface area contributed by atoms with Crippen molar-refractivity contribution in [3.05, 3.63) is 28.2 Å². The van der Waals surface area contributed by atoms with Crippen LogP contribution >= 0.6 is 15.9 Å². The van der Waals surface area contributed by atoms with Gasteiger partial charge in [0, 0.05) is 29.2 Å². The van der Waals surface area contributed by atoms with Crippen molar-refractivity contribution in [2.45, 2.75) is 25.9 Å². The number of nitrogens with zero attached hydrogens (tertiary/aromatic N) is 1. The topological polar surface area (TPSA) is 49.5 Å². The zero-order valence-electron chi connectivity index (χ0n) is 10.1. The molecule has 2 unspecified atom stereocenters. The highest BCUT2D eigenvalue weighted by molar-refractivity contribution is 9.10. The molecule has 0 radical (unpaired) electrons. The van der Waals surface area contributed by atoms with Gasteiger partial charge in [-0.25, -0.2) is 0 Å². The largest absolute Gasteiger partial charge is 0.508 e. The quantitative estimate of drug-likeness (QED) is 0.881. The van der Waals surface area contributed by atoms with Crippen molar-refractivity contribution in [2.75, 3.05) is 13.1 Å². The minimum absolute atomic E-state index is 0.248. The Morgan fingerprint density at radius 2 is 2.29 bits per heavy atom. The minimum atomic E-state index is 0.248. The van der Waals surface area contributed by atoms with E-state index in [0.717, 1.165) is 36.1 Å². The van der Waals surface area contributed by atoms with Gasteiger partial charge in [-0.1, -0.05) is 22.9 Å². The van der Waals surface area contributed by atoms with Crippen LogP contribution in [0.1, 0.15) is 18.9 Å². The van der Waals surface area contributed by atoms with Gasteiger partial charge in [-0.15, -0.1) is 0 Å². The summed E-state index contributed by atoms with van der Waals surface area (Å²) in [4.78, 5) is 2.31. The molecular formula is C13H19BrN2O. The van der Waals surface area contributed by atoms with Crippen LogP contribution in [0.15, 0.2) is 22.7 Å². The van der Waals surface area contributed by atoms with Gasteiger partial charge in [0.05, 0.1) is 0 Å². The Labute approximate surface area is 111 Å². The molecule has 1 fully saturated rings. The Bertz CT molecular complexity index is 397. The van der Waals surface area contributed by atoms with Crippen LogP contribution in [0, 0.1) is 5.92 Å². The van der Waals surface area contributed by atoms with Gasteiger partial charge in [0.25, 0.3) is 0 Å². The molecule has 2 atom stereocenters. The summed E-state index contributed by atoms with van der Waals surface area (Å²) in [6.07, 6.45) is 1.13. The van der Waals surface area contributed by atoms with Crippen LogP contribution in [0.2, 0.25) is 0 Å². The number of likely N-dealkylation sites (tertiary alicyclic amines) is 1. The number of rotatable bonds is 2. The first-order valence-electron chi connectivity index (χ1n) is 6.01. The zero-order valence-corrected chi connectivity index (χ0v) is 11.7. The van der Waals surface area contributed by atoms with E-state index in [1.165, 1.54) is 0 Å². The standard InChI is InChI=1S/C13H19BrN2O/c1-9-4-5-16(8-12(9)15)7-10-6-11(14)2-3-13(10)17/h2-3,6,9,12,17H,4-5,7-8,15H2,1H3. The van der Waals surface area contributed by atoms with Crippen LogP contribution in [0.5, 0.6) is 5.75 Å². The molecule has 1 saturated heterocycles. The third-order valence-electron chi connectivity index (χ3n) is 3.54. The maximum atomic E-state index is 9.80. The minimum Gasteiger partial charge on any atom is -0.508 e. The van der Waals surface area contributed by atoms with Gasteiger partial charge in [-0.3, -0.25) is 4.90 Å². The number of piperidine rings is 1. The maximum Gasteiger partial charge on any atom is 0.120 e. The molecule has 2 rings (SSSR count). The second-order valence-electron chi connectivity index (χ2n) is 4.94. The van der Waals surface area contributed by atoms with Crippen molar-refractivity contribution in [3.8, 4) is 5.75 Å². The number of aromatic hydroxyl groups is 1. The van der Waals surface area contributed by atoms with Crippen LogP contribution < -0.4 is 5.73 Å². The van der Waals surface area contributed by atoms with Gasteiger partial charge < -0.3 is 10.8 Å². The first-order valence-corrected chi connectivity index (χ1v) is 6.81. The van der Waals surface area contributed by atoms with Gasteiger partial charge in [0.1, 0.15) is 5.75 Å². The molecule has 0 spiro atoms. The summed E-state index contributed by atoms with van der Waals surface area (Å²) in [5.74, 6) is 0.961. The lowest BCUT2D eigenvalue weighted by molar-refractivity contribution is 0.161. The van der Waals surface area contributed by atoms with Gasteiger partial charge >= 0.3 is 0 Å². The van der Waals surface area contributed by atoms with E-state index in [-0.39, 0.29) is 6.04 Å². The number of benzene rings is 1. The third-order valence-corrected chi connectivity index (χ3v) is 4.03. The molecule has 0 saturated carbocycles. The van der Waals surface area contributed by atoms with E-state index in [9.17, 15) is 5.11 Å². The van der Waals surface area contributed by atoms with Gasteiger partial charge in [0.2, 0.25) is 0 Å². The van der Waals surface area contributed by atoms with E-state index in [1.54, 1.807) is 6.07 Å². The Hall–Kier alpha value is -0.580. The molecule has 3 N–H and O–H groups in total. The van der Waals surface area contributed by atoms with Crippen LogP contribution in [0.4, 0.5) is 0 Å². The van der Waals surface area contributed by atoms with Crippen LogP contribution in [-0.2, 0) is 6.54 Å². The molecule has 0 aromatic heterocycles. The molecule has 0 amide bonds. The first-order chi connectivity index (χ1) is 8.06. The Balaban J connectivity index is 2.03. The summed E-state index contributed by atoms with van der Waals surface area (Å²) >= 11 is 3.43. The summed E-state index contributed by atoms with van der Waals surface area (Å²) < 4.78 is 1.000. The number of phenols is 1.